The number of anilines is 1. The van der Waals surface area contributed by atoms with Crippen LogP contribution < -0.4 is 11.0 Å². The summed E-state index contributed by atoms with van der Waals surface area (Å²) in [5.41, 5.74) is 1.25. The molecular formula is C17H13Cl2N3O4. The number of carbonyl (C=O) groups is 2. The molecule has 0 spiro atoms. The predicted molar refractivity (Wildman–Crippen MR) is 98.9 cm³/mol. The summed E-state index contributed by atoms with van der Waals surface area (Å²) < 4.78 is 5.14. The van der Waals surface area contributed by atoms with Gasteiger partial charge in [0.15, 0.2) is 6.10 Å². The second-order valence-corrected chi connectivity index (χ2v) is 6.29. The fraction of sp³-hybridized carbons (Fsp3) is 0.118. The Labute approximate surface area is 157 Å². The van der Waals surface area contributed by atoms with Gasteiger partial charge in [-0.3, -0.25) is 4.79 Å². The van der Waals surface area contributed by atoms with Crippen molar-refractivity contribution in [1.82, 2.24) is 9.97 Å². The van der Waals surface area contributed by atoms with Crippen LogP contribution >= 0.6 is 23.2 Å². The molecule has 9 heteroatoms. The number of H-pyrrole nitrogens is 2. The molecule has 3 rings (SSSR count). The fourth-order valence-electron chi connectivity index (χ4n) is 2.32. The monoisotopic (exact) mass is 393 g/mol. The van der Waals surface area contributed by atoms with E-state index in [1.807, 2.05) is 0 Å². The first kappa shape index (κ1) is 18.0. The Hall–Kier alpha value is -2.77. The summed E-state index contributed by atoms with van der Waals surface area (Å²) in [4.78, 5) is 40.9. The van der Waals surface area contributed by atoms with E-state index in [-0.39, 0.29) is 21.3 Å². The first-order valence-corrected chi connectivity index (χ1v) is 8.28. The third-order valence-electron chi connectivity index (χ3n) is 3.60. The Kier molecular flexibility index (Phi) is 5.01. The largest absolute Gasteiger partial charge is 0.449 e. The zero-order valence-corrected chi connectivity index (χ0v) is 14.9. The number of esters is 1. The maximum Gasteiger partial charge on any atom is 0.341 e. The third kappa shape index (κ3) is 3.74. The van der Waals surface area contributed by atoms with Gasteiger partial charge in [0.05, 0.1) is 26.6 Å². The number of carbonyl (C=O) groups excluding carboxylic acids is 2. The summed E-state index contributed by atoms with van der Waals surface area (Å²) in [6.45, 7) is 1.43. The average Bonchev–Trinajstić information content (AvgIpc) is 2.93. The molecule has 1 amide bonds. The summed E-state index contributed by atoms with van der Waals surface area (Å²) in [6, 6.07) is 9.44. The summed E-state index contributed by atoms with van der Waals surface area (Å²) in [5.74, 6) is -1.34. The lowest BCUT2D eigenvalue weighted by Gasteiger charge is -2.14. The second kappa shape index (κ2) is 7.23. The average molecular weight is 394 g/mol. The molecule has 0 saturated carbocycles. The van der Waals surface area contributed by atoms with Gasteiger partial charge in [-0.25, -0.2) is 9.59 Å². The molecule has 0 aliphatic rings. The van der Waals surface area contributed by atoms with E-state index < -0.39 is 18.0 Å². The van der Waals surface area contributed by atoms with E-state index in [0.29, 0.717) is 16.7 Å². The van der Waals surface area contributed by atoms with Gasteiger partial charge in [-0.1, -0.05) is 29.3 Å². The number of aromatic amines is 2. The molecule has 26 heavy (non-hydrogen) atoms. The summed E-state index contributed by atoms with van der Waals surface area (Å²) >= 11 is 11.9. The van der Waals surface area contributed by atoms with Gasteiger partial charge in [-0.15, -0.1) is 0 Å². The van der Waals surface area contributed by atoms with Gasteiger partial charge in [0.2, 0.25) is 0 Å². The minimum absolute atomic E-state index is 0.00167. The second-order valence-electron chi connectivity index (χ2n) is 5.47. The molecule has 0 aliphatic carbocycles. The number of rotatable bonds is 4. The van der Waals surface area contributed by atoms with Gasteiger partial charge >= 0.3 is 11.7 Å². The van der Waals surface area contributed by atoms with Crippen LogP contribution in [0.4, 0.5) is 5.69 Å². The van der Waals surface area contributed by atoms with E-state index in [4.69, 9.17) is 27.9 Å². The molecule has 0 bridgehead atoms. The Morgan fingerprint density at radius 2 is 1.73 bits per heavy atom. The highest BCUT2D eigenvalue weighted by Gasteiger charge is 2.22. The van der Waals surface area contributed by atoms with E-state index in [9.17, 15) is 14.4 Å². The molecule has 1 heterocycles. The van der Waals surface area contributed by atoms with Crippen molar-refractivity contribution in [2.75, 3.05) is 5.32 Å². The van der Waals surface area contributed by atoms with Crippen LogP contribution in [0, 0.1) is 0 Å². The van der Waals surface area contributed by atoms with Gasteiger partial charge < -0.3 is 20.0 Å². The molecule has 0 unspecified atom stereocenters. The van der Waals surface area contributed by atoms with Crippen LogP contribution in [-0.4, -0.2) is 27.9 Å². The van der Waals surface area contributed by atoms with Crippen LogP contribution in [0.2, 0.25) is 10.0 Å². The Morgan fingerprint density at radius 3 is 2.42 bits per heavy atom. The lowest BCUT2D eigenvalue weighted by molar-refractivity contribution is -0.123. The molecule has 3 aromatic rings. The van der Waals surface area contributed by atoms with Gasteiger partial charge in [0.1, 0.15) is 0 Å². The highest BCUT2D eigenvalue weighted by atomic mass is 35.5. The van der Waals surface area contributed by atoms with Gasteiger partial charge in [-0.2, -0.15) is 0 Å². The van der Waals surface area contributed by atoms with E-state index in [2.05, 4.69) is 15.3 Å². The van der Waals surface area contributed by atoms with Crippen LogP contribution in [0.5, 0.6) is 0 Å². The molecule has 2 aromatic carbocycles. The number of amides is 1. The number of halogens is 2. The highest BCUT2D eigenvalue weighted by molar-refractivity contribution is 6.39. The number of aromatic nitrogens is 2. The maximum absolute atomic E-state index is 12.3. The van der Waals surface area contributed by atoms with Crippen molar-refractivity contribution >= 4 is 51.8 Å². The number of ether oxygens (including phenoxy) is 1. The molecule has 1 aromatic heterocycles. The van der Waals surface area contributed by atoms with Crippen LogP contribution in [0.25, 0.3) is 11.0 Å². The Bertz CT molecular complexity index is 1040. The number of fused-ring (bicyclic) bond motifs is 1. The molecule has 3 N–H and O–H groups in total. The van der Waals surface area contributed by atoms with Crippen molar-refractivity contribution in [3.63, 3.8) is 0 Å². The van der Waals surface area contributed by atoms with E-state index >= 15 is 0 Å². The summed E-state index contributed by atoms with van der Waals surface area (Å²) in [6.07, 6.45) is -1.09. The standard InChI is InChI=1S/C17H13Cl2N3O4/c1-8(26-16(24)14-10(18)3-2-4-11(14)19)15(23)20-9-5-6-12-13(7-9)22-17(25)21-12/h2-8H,1H3,(H,20,23)(H2,21,22,25)/t8-/m0/s1. The van der Waals surface area contributed by atoms with Crippen molar-refractivity contribution < 1.29 is 14.3 Å². The van der Waals surface area contributed by atoms with Crippen LogP contribution in [-0.2, 0) is 9.53 Å². The van der Waals surface area contributed by atoms with Gasteiger partial charge in [0.25, 0.3) is 5.91 Å². The van der Waals surface area contributed by atoms with Gasteiger partial charge in [-0.05, 0) is 37.3 Å². The normalized spacial score (nSPS) is 12.0. The zero-order chi connectivity index (χ0) is 18.8. The van der Waals surface area contributed by atoms with Crippen molar-refractivity contribution in [2.45, 2.75) is 13.0 Å². The summed E-state index contributed by atoms with van der Waals surface area (Å²) in [5, 5.41) is 2.88. The molecule has 0 radical (unpaired) electrons. The van der Waals surface area contributed by atoms with Crippen LogP contribution in [0.15, 0.2) is 41.2 Å². The minimum atomic E-state index is -1.09. The third-order valence-corrected chi connectivity index (χ3v) is 4.23. The molecule has 134 valence electrons. The SMILES string of the molecule is C[C@H](OC(=O)c1c(Cl)cccc1Cl)C(=O)Nc1ccc2[nH]c(=O)[nH]c2c1. The van der Waals surface area contributed by atoms with Crippen molar-refractivity contribution in [1.29, 1.82) is 0 Å². The van der Waals surface area contributed by atoms with Crippen molar-refractivity contribution in [3.05, 3.63) is 62.5 Å². The smallest absolute Gasteiger partial charge is 0.341 e. The first-order valence-electron chi connectivity index (χ1n) is 7.53. The van der Waals surface area contributed by atoms with E-state index in [1.54, 1.807) is 24.3 Å². The minimum Gasteiger partial charge on any atom is -0.449 e. The lowest BCUT2D eigenvalue weighted by Crippen LogP contribution is -2.30. The summed E-state index contributed by atoms with van der Waals surface area (Å²) in [7, 11) is 0. The van der Waals surface area contributed by atoms with E-state index in [0.717, 1.165) is 0 Å². The topological polar surface area (TPSA) is 104 Å². The molecule has 0 aliphatic heterocycles. The Balaban J connectivity index is 1.70. The molecule has 0 saturated heterocycles. The van der Waals surface area contributed by atoms with Crippen molar-refractivity contribution in [2.24, 2.45) is 0 Å². The van der Waals surface area contributed by atoms with Crippen molar-refractivity contribution in [3.8, 4) is 0 Å². The van der Waals surface area contributed by atoms with Crippen LogP contribution in [0.1, 0.15) is 17.3 Å². The fourth-order valence-corrected chi connectivity index (χ4v) is 2.87. The zero-order valence-electron chi connectivity index (χ0n) is 13.4. The maximum atomic E-state index is 12.3. The number of hydrogen-bond acceptors (Lipinski definition) is 4. The molecule has 1 atom stereocenters. The number of hydrogen-bond donors (Lipinski definition) is 3. The van der Waals surface area contributed by atoms with Gasteiger partial charge in [0, 0.05) is 5.69 Å². The molecule has 0 fully saturated rings. The Morgan fingerprint density at radius 1 is 1.08 bits per heavy atom. The number of imidazole rings is 1. The quantitative estimate of drug-likeness (QED) is 0.591. The number of nitrogens with one attached hydrogen (secondary N) is 3. The molecule has 7 nitrogen and oxygen atoms in total. The van der Waals surface area contributed by atoms with Crippen LogP contribution in [0.3, 0.4) is 0 Å². The number of benzene rings is 2. The first-order chi connectivity index (χ1) is 12.3. The predicted octanol–water partition coefficient (Wildman–Crippen LogP) is 3.35. The molecular weight excluding hydrogens is 381 g/mol. The lowest BCUT2D eigenvalue weighted by atomic mass is 10.2. The highest BCUT2D eigenvalue weighted by Crippen LogP contribution is 2.25. The van der Waals surface area contributed by atoms with E-state index in [1.165, 1.54) is 19.1 Å².